The Hall–Kier alpha value is -2.97. The maximum atomic E-state index is 13.7. The van der Waals surface area contributed by atoms with Crippen LogP contribution in [0.5, 0.6) is 5.75 Å². The Bertz CT molecular complexity index is 870. The van der Waals surface area contributed by atoms with Crippen LogP contribution in [0.15, 0.2) is 48.5 Å². The van der Waals surface area contributed by atoms with Gasteiger partial charge in [0.05, 0.1) is 12.7 Å². The fourth-order valence-corrected chi connectivity index (χ4v) is 4.01. The molecule has 0 aromatic heterocycles. The molecule has 0 bridgehead atoms. The van der Waals surface area contributed by atoms with Crippen molar-refractivity contribution in [1.82, 2.24) is 10.6 Å². The molecule has 2 aromatic carbocycles. The first kappa shape index (κ1) is 21.7. The van der Waals surface area contributed by atoms with Crippen molar-refractivity contribution < 1.29 is 28.5 Å². The SMILES string of the molecule is CNC(=O)NC(=O)[C@@H](c1ccccc1)[NH+]1CC[NH+](Cc2cc(F)ccc2OC)CC1. The van der Waals surface area contributed by atoms with E-state index in [2.05, 4.69) is 10.6 Å². The van der Waals surface area contributed by atoms with Gasteiger partial charge in [-0.25, -0.2) is 9.18 Å². The van der Waals surface area contributed by atoms with Crippen molar-refractivity contribution in [3.05, 3.63) is 65.5 Å². The third kappa shape index (κ3) is 5.34. The van der Waals surface area contributed by atoms with E-state index in [1.165, 1.54) is 24.1 Å². The van der Waals surface area contributed by atoms with Crippen LogP contribution in [0, 0.1) is 5.82 Å². The highest BCUT2D eigenvalue weighted by atomic mass is 19.1. The van der Waals surface area contributed by atoms with E-state index in [4.69, 9.17) is 4.74 Å². The number of amides is 3. The number of carbonyl (C=O) groups is 2. The summed E-state index contributed by atoms with van der Waals surface area (Å²) < 4.78 is 19.0. The maximum absolute atomic E-state index is 13.7. The summed E-state index contributed by atoms with van der Waals surface area (Å²) in [6, 6.07) is 13.1. The van der Waals surface area contributed by atoms with Crippen LogP contribution in [0.25, 0.3) is 0 Å². The Morgan fingerprint density at radius 1 is 1.10 bits per heavy atom. The molecule has 1 fully saturated rings. The number of benzene rings is 2. The van der Waals surface area contributed by atoms with E-state index in [1.54, 1.807) is 13.2 Å². The number of halogens is 1. The van der Waals surface area contributed by atoms with Crippen LogP contribution >= 0.6 is 0 Å². The molecule has 0 radical (unpaired) electrons. The highest BCUT2D eigenvalue weighted by molar-refractivity contribution is 5.96. The fourth-order valence-electron chi connectivity index (χ4n) is 4.01. The number of hydrogen-bond donors (Lipinski definition) is 4. The van der Waals surface area contributed by atoms with Crippen LogP contribution in [0.1, 0.15) is 17.2 Å². The number of carbonyl (C=O) groups excluding carboxylic acids is 2. The van der Waals surface area contributed by atoms with Gasteiger partial charge in [-0.2, -0.15) is 0 Å². The van der Waals surface area contributed by atoms with Gasteiger partial charge < -0.3 is 19.9 Å². The summed E-state index contributed by atoms with van der Waals surface area (Å²) in [5, 5.41) is 4.85. The molecule has 3 rings (SSSR count). The molecule has 0 aliphatic carbocycles. The van der Waals surface area contributed by atoms with Gasteiger partial charge in [-0.3, -0.25) is 10.1 Å². The molecular formula is C22H29FN4O3+2. The maximum Gasteiger partial charge on any atom is 0.321 e. The molecule has 3 amide bonds. The molecular weight excluding hydrogens is 387 g/mol. The number of quaternary nitrogens is 2. The zero-order valence-corrected chi connectivity index (χ0v) is 17.3. The molecule has 1 saturated heterocycles. The summed E-state index contributed by atoms with van der Waals surface area (Å²) in [5.41, 5.74) is 1.72. The van der Waals surface area contributed by atoms with Crippen molar-refractivity contribution in [3.63, 3.8) is 0 Å². The first-order valence-corrected chi connectivity index (χ1v) is 10.1. The normalized spacial score (nSPS) is 19.6. The van der Waals surface area contributed by atoms with Crippen LogP contribution < -0.4 is 25.2 Å². The second-order valence-electron chi connectivity index (χ2n) is 7.45. The van der Waals surface area contributed by atoms with E-state index >= 15 is 0 Å². The Kier molecular flexibility index (Phi) is 7.37. The van der Waals surface area contributed by atoms with Crippen LogP contribution in [0.4, 0.5) is 9.18 Å². The minimum absolute atomic E-state index is 0.274. The molecule has 7 nitrogen and oxygen atoms in total. The lowest BCUT2D eigenvalue weighted by molar-refractivity contribution is -1.03. The standard InChI is InChI=1S/C22H27FN4O3/c1-24-22(29)25-21(28)20(16-6-4-3-5-7-16)27-12-10-26(11-13-27)15-17-14-18(23)8-9-19(17)30-2/h3-9,14,20H,10-13,15H2,1-2H3,(H2,24,25,28,29)/p+2/t20-/m1/s1. The largest absolute Gasteiger partial charge is 0.496 e. The summed E-state index contributed by atoms with van der Waals surface area (Å²) in [5.74, 6) is 0.0982. The van der Waals surface area contributed by atoms with Gasteiger partial charge in [-0.1, -0.05) is 30.3 Å². The molecule has 0 saturated carbocycles. The quantitative estimate of drug-likeness (QED) is 0.504. The van der Waals surface area contributed by atoms with E-state index in [1.807, 2.05) is 30.3 Å². The van der Waals surface area contributed by atoms with Gasteiger partial charge in [0.15, 0.2) is 6.04 Å². The Morgan fingerprint density at radius 3 is 2.43 bits per heavy atom. The molecule has 1 heterocycles. The zero-order valence-electron chi connectivity index (χ0n) is 17.3. The number of urea groups is 1. The molecule has 2 aromatic rings. The van der Waals surface area contributed by atoms with Gasteiger partial charge >= 0.3 is 6.03 Å². The van der Waals surface area contributed by atoms with Crippen molar-refractivity contribution in [1.29, 1.82) is 0 Å². The van der Waals surface area contributed by atoms with Crippen molar-refractivity contribution >= 4 is 11.9 Å². The second kappa shape index (κ2) is 10.2. The van der Waals surface area contributed by atoms with E-state index in [0.717, 1.165) is 42.2 Å². The smallest absolute Gasteiger partial charge is 0.321 e. The summed E-state index contributed by atoms with van der Waals surface area (Å²) in [6.07, 6.45) is 0. The zero-order chi connectivity index (χ0) is 21.5. The summed E-state index contributed by atoms with van der Waals surface area (Å²) in [4.78, 5) is 26.9. The molecule has 0 unspecified atom stereocenters. The van der Waals surface area contributed by atoms with Crippen molar-refractivity contribution in [2.24, 2.45) is 0 Å². The number of methoxy groups -OCH3 is 1. The van der Waals surface area contributed by atoms with Gasteiger partial charge in [0, 0.05) is 12.6 Å². The van der Waals surface area contributed by atoms with Crippen LogP contribution in [0.3, 0.4) is 0 Å². The predicted octanol–water partition coefficient (Wildman–Crippen LogP) is -0.685. The fraction of sp³-hybridized carbons (Fsp3) is 0.364. The molecule has 160 valence electrons. The topological polar surface area (TPSA) is 76.3 Å². The summed E-state index contributed by atoms with van der Waals surface area (Å²) >= 11 is 0. The number of nitrogens with one attached hydrogen (secondary N) is 4. The number of imide groups is 1. The molecule has 1 atom stereocenters. The molecule has 0 spiro atoms. The lowest BCUT2D eigenvalue weighted by atomic mass is 10.0. The van der Waals surface area contributed by atoms with E-state index < -0.39 is 12.1 Å². The summed E-state index contributed by atoms with van der Waals surface area (Å²) in [7, 11) is 3.07. The van der Waals surface area contributed by atoms with E-state index in [9.17, 15) is 14.0 Å². The number of ether oxygens (including phenoxy) is 1. The summed E-state index contributed by atoms with van der Waals surface area (Å²) in [6.45, 7) is 3.83. The number of hydrogen-bond acceptors (Lipinski definition) is 3. The molecule has 8 heteroatoms. The average molecular weight is 416 g/mol. The van der Waals surface area contributed by atoms with Gasteiger partial charge in [0.25, 0.3) is 5.91 Å². The number of piperazine rings is 1. The highest BCUT2D eigenvalue weighted by Crippen LogP contribution is 2.18. The first-order valence-electron chi connectivity index (χ1n) is 10.1. The first-order chi connectivity index (χ1) is 14.5. The Balaban J connectivity index is 1.69. The van der Waals surface area contributed by atoms with E-state index in [-0.39, 0.29) is 11.7 Å². The van der Waals surface area contributed by atoms with Crippen LogP contribution in [-0.4, -0.2) is 52.3 Å². The molecule has 1 aliphatic heterocycles. The minimum Gasteiger partial charge on any atom is -0.496 e. The second-order valence-corrected chi connectivity index (χ2v) is 7.45. The predicted molar refractivity (Wildman–Crippen MR) is 110 cm³/mol. The van der Waals surface area contributed by atoms with Crippen molar-refractivity contribution in [3.8, 4) is 5.75 Å². The average Bonchev–Trinajstić information content (AvgIpc) is 2.76. The van der Waals surface area contributed by atoms with Gasteiger partial charge in [0.2, 0.25) is 0 Å². The Morgan fingerprint density at radius 2 is 1.80 bits per heavy atom. The Labute approximate surface area is 175 Å². The third-order valence-electron chi connectivity index (χ3n) is 5.55. The lowest BCUT2D eigenvalue weighted by Crippen LogP contribution is -3.28. The third-order valence-corrected chi connectivity index (χ3v) is 5.55. The monoisotopic (exact) mass is 416 g/mol. The van der Waals surface area contributed by atoms with Gasteiger partial charge in [-0.05, 0) is 18.2 Å². The van der Waals surface area contributed by atoms with Crippen LogP contribution in [-0.2, 0) is 11.3 Å². The molecule has 4 N–H and O–H groups in total. The highest BCUT2D eigenvalue weighted by Gasteiger charge is 2.36. The van der Waals surface area contributed by atoms with Crippen molar-refractivity contribution in [2.45, 2.75) is 12.6 Å². The van der Waals surface area contributed by atoms with Crippen LogP contribution in [0.2, 0.25) is 0 Å². The number of rotatable bonds is 6. The minimum atomic E-state index is -0.511. The lowest BCUT2D eigenvalue weighted by Gasteiger charge is -2.34. The van der Waals surface area contributed by atoms with Crippen molar-refractivity contribution in [2.75, 3.05) is 40.3 Å². The van der Waals surface area contributed by atoms with Gasteiger partial charge in [0.1, 0.15) is 44.3 Å². The molecule has 30 heavy (non-hydrogen) atoms. The van der Waals surface area contributed by atoms with E-state index in [0.29, 0.717) is 12.3 Å². The van der Waals surface area contributed by atoms with Gasteiger partial charge in [-0.15, -0.1) is 0 Å². The molecule has 1 aliphatic rings.